The highest BCUT2D eigenvalue weighted by Gasteiger charge is 2.38. The van der Waals surface area contributed by atoms with Gasteiger partial charge in [-0.15, -0.1) is 0 Å². The van der Waals surface area contributed by atoms with Crippen molar-refractivity contribution in [2.24, 2.45) is 16.2 Å². The van der Waals surface area contributed by atoms with Crippen LogP contribution in [-0.4, -0.2) is 66.1 Å². The van der Waals surface area contributed by atoms with Gasteiger partial charge in [-0.05, 0) is 119 Å². The molecule has 3 N–H and O–H groups in total. The maximum Gasteiger partial charge on any atom is 0.327 e. The Balaban J connectivity index is 1.45. The van der Waals surface area contributed by atoms with Crippen LogP contribution < -0.4 is 19.7 Å². The summed E-state index contributed by atoms with van der Waals surface area (Å²) in [4.78, 5) is 15.8. The van der Waals surface area contributed by atoms with Gasteiger partial charge in [0.25, 0.3) is 0 Å². The second-order valence-electron chi connectivity index (χ2n) is 14.0. The van der Waals surface area contributed by atoms with Crippen LogP contribution in [0.25, 0.3) is 0 Å². The number of fused-ring (bicyclic) bond motifs is 3. The van der Waals surface area contributed by atoms with Crippen LogP contribution in [0.2, 0.25) is 5.02 Å². The zero-order valence-electron chi connectivity index (χ0n) is 28.2. The molecule has 10 nitrogen and oxygen atoms in total. The van der Waals surface area contributed by atoms with Crippen LogP contribution in [0.15, 0.2) is 57.8 Å². The largest absolute Gasteiger partial charge is 0.487 e. The Kier molecular flexibility index (Phi) is 10.9. The number of hydrogen-bond acceptors (Lipinski definition) is 8. The lowest BCUT2D eigenvalue weighted by Gasteiger charge is -2.43. The number of halogens is 1. The standard InChI is InChI=1S/C36H49ClN4O6S/c1-36(2)34(42)39-48(44,40-35(43)38-28-9-6-10-28)29-15-17-33-31(21-29)41(22-25-13-16-30(25)32(45-3)11-7-19-47-36)18-5-4-8-24-20-27(37)14-12-26(24)23-46-33/h7,11-12,14-15,17,20-21,25,28,30,32,34,42H,4-6,8-10,13,16,18-19,22-23H2,1-3H3,(H2,38,39,40,43,44)/b11-7+/t25-,30+,32-,34?,48+/m0/s1. The van der Waals surface area contributed by atoms with E-state index in [4.69, 9.17) is 25.8 Å². The molecule has 0 aromatic heterocycles. The van der Waals surface area contributed by atoms with Crippen molar-refractivity contribution >= 4 is 33.2 Å². The minimum Gasteiger partial charge on any atom is -0.487 e. The van der Waals surface area contributed by atoms with Gasteiger partial charge in [-0.3, -0.25) is 0 Å². The van der Waals surface area contributed by atoms with Crippen LogP contribution in [0.3, 0.4) is 0 Å². The van der Waals surface area contributed by atoms with E-state index in [0.717, 1.165) is 75.7 Å². The number of anilines is 1. The van der Waals surface area contributed by atoms with Gasteiger partial charge in [0.15, 0.2) is 16.1 Å². The summed E-state index contributed by atoms with van der Waals surface area (Å²) < 4.78 is 40.5. The molecule has 2 bridgehead atoms. The maximum absolute atomic E-state index is 14.9. The van der Waals surface area contributed by atoms with Crippen LogP contribution in [0.4, 0.5) is 10.5 Å². The Morgan fingerprint density at radius 2 is 1.94 bits per heavy atom. The predicted molar refractivity (Wildman–Crippen MR) is 188 cm³/mol. The van der Waals surface area contributed by atoms with Gasteiger partial charge in [-0.1, -0.05) is 29.8 Å². The van der Waals surface area contributed by atoms with Crippen molar-refractivity contribution in [2.75, 3.05) is 31.7 Å². The van der Waals surface area contributed by atoms with Gasteiger partial charge < -0.3 is 29.5 Å². The Bertz CT molecular complexity index is 1620. The van der Waals surface area contributed by atoms with E-state index in [1.54, 1.807) is 27.0 Å². The normalized spacial score (nSPS) is 30.0. The van der Waals surface area contributed by atoms with Crippen molar-refractivity contribution in [3.63, 3.8) is 0 Å². The monoisotopic (exact) mass is 700 g/mol. The topological polar surface area (TPSA) is 122 Å². The molecule has 2 aromatic rings. The van der Waals surface area contributed by atoms with E-state index in [1.165, 1.54) is 5.56 Å². The number of rotatable bonds is 3. The number of aliphatic hydroxyl groups excluding tert-OH is 1. The average molecular weight is 701 g/mol. The van der Waals surface area contributed by atoms with Gasteiger partial charge in [0.05, 0.1) is 23.3 Å². The highest BCUT2D eigenvalue weighted by atomic mass is 35.5. The smallest absolute Gasteiger partial charge is 0.327 e. The summed E-state index contributed by atoms with van der Waals surface area (Å²) in [6.45, 7) is 5.46. The molecule has 12 heteroatoms. The Morgan fingerprint density at radius 3 is 2.67 bits per heavy atom. The predicted octanol–water partition coefficient (Wildman–Crippen LogP) is 6.38. The molecule has 0 radical (unpaired) electrons. The van der Waals surface area contributed by atoms with E-state index < -0.39 is 27.8 Å². The molecule has 0 spiro atoms. The first kappa shape index (κ1) is 35.0. The fourth-order valence-corrected chi connectivity index (χ4v) is 8.71. The number of methoxy groups -OCH3 is 1. The summed E-state index contributed by atoms with van der Waals surface area (Å²) in [5.74, 6) is 1.34. The number of nitrogens with zero attached hydrogens (tertiary/aromatic N) is 2. The van der Waals surface area contributed by atoms with Gasteiger partial charge >= 0.3 is 6.03 Å². The zero-order chi connectivity index (χ0) is 33.9. The number of benzene rings is 2. The van der Waals surface area contributed by atoms with Crippen LogP contribution in [-0.2, 0) is 32.4 Å². The fourth-order valence-electron chi connectivity index (χ4n) is 6.86. The first-order chi connectivity index (χ1) is 23.0. The Labute approximate surface area is 289 Å². The highest BCUT2D eigenvalue weighted by molar-refractivity contribution is 7.92. The van der Waals surface area contributed by atoms with Crippen molar-refractivity contribution in [3.8, 4) is 5.75 Å². The molecule has 6 rings (SSSR count). The molecule has 48 heavy (non-hydrogen) atoms. The van der Waals surface area contributed by atoms with E-state index in [2.05, 4.69) is 19.3 Å². The van der Waals surface area contributed by atoms with Crippen LogP contribution >= 0.6 is 11.6 Å². The summed E-state index contributed by atoms with van der Waals surface area (Å²) in [7, 11) is -1.95. The molecular weight excluding hydrogens is 652 g/mol. The molecule has 4 aliphatic rings. The van der Waals surface area contributed by atoms with E-state index in [9.17, 15) is 14.1 Å². The van der Waals surface area contributed by atoms with Gasteiger partial charge in [0.1, 0.15) is 18.0 Å². The lowest BCUT2D eigenvalue weighted by atomic mass is 9.70. The van der Waals surface area contributed by atoms with Crippen molar-refractivity contribution in [1.82, 2.24) is 10.0 Å². The number of ether oxygens (including phenoxy) is 3. The molecular formula is C36H49ClN4O6S. The first-order valence-corrected chi connectivity index (χ1v) is 19.1. The summed E-state index contributed by atoms with van der Waals surface area (Å²) in [5, 5.41) is 15.0. The van der Waals surface area contributed by atoms with Crippen molar-refractivity contribution in [1.29, 1.82) is 0 Å². The van der Waals surface area contributed by atoms with Crippen molar-refractivity contribution in [2.45, 2.75) is 101 Å². The summed E-state index contributed by atoms with van der Waals surface area (Å²) in [6, 6.07) is 10.7. The fraction of sp³-hybridized carbons (Fsp3) is 0.583. The molecule has 2 fully saturated rings. The van der Waals surface area contributed by atoms with Crippen LogP contribution in [0.5, 0.6) is 5.75 Å². The summed E-state index contributed by atoms with van der Waals surface area (Å²) >= 11 is 6.38. The van der Waals surface area contributed by atoms with Crippen LogP contribution in [0, 0.1) is 11.8 Å². The van der Waals surface area contributed by atoms with Crippen molar-refractivity contribution < 1.29 is 28.3 Å². The van der Waals surface area contributed by atoms with E-state index >= 15 is 0 Å². The van der Waals surface area contributed by atoms with Gasteiger partial charge in [-0.25, -0.2) is 13.7 Å². The molecule has 5 atom stereocenters. The molecule has 1 unspecified atom stereocenters. The van der Waals surface area contributed by atoms with Gasteiger partial charge in [-0.2, -0.15) is 4.36 Å². The summed E-state index contributed by atoms with van der Waals surface area (Å²) in [5.41, 5.74) is 1.82. The van der Waals surface area contributed by atoms with Crippen molar-refractivity contribution in [3.05, 3.63) is 64.7 Å². The lowest BCUT2D eigenvalue weighted by molar-refractivity contribution is -0.0865. The molecule has 2 aliphatic carbocycles. The average Bonchev–Trinajstić information content (AvgIpc) is 3.05. The zero-order valence-corrected chi connectivity index (χ0v) is 29.7. The number of hydrogen-bond donors (Lipinski definition) is 3. The minimum atomic E-state index is -3.69. The molecule has 262 valence electrons. The maximum atomic E-state index is 14.9. The second-order valence-corrected chi connectivity index (χ2v) is 16.4. The molecule has 2 heterocycles. The third-order valence-electron chi connectivity index (χ3n) is 10.3. The SMILES string of the molecule is CO[C@H]1/C=C/COC(C)(C)C(O)N=[S@@](=O)(NC(=O)NC2CCC2)c2ccc3c(c2)N(CCCCc2cc(Cl)ccc2CO3)C[C@@H]2CC[C@H]21. The third kappa shape index (κ3) is 7.97. The van der Waals surface area contributed by atoms with Gasteiger partial charge in [0, 0.05) is 31.3 Å². The molecule has 2 saturated carbocycles. The molecule has 2 amide bonds. The number of amides is 2. The number of nitrogens with one attached hydrogen (secondary N) is 2. The van der Waals surface area contributed by atoms with Crippen LogP contribution in [0.1, 0.15) is 69.9 Å². The molecule has 2 aliphatic heterocycles. The highest BCUT2D eigenvalue weighted by Crippen LogP contribution is 2.42. The lowest BCUT2D eigenvalue weighted by Crippen LogP contribution is -2.48. The Morgan fingerprint density at radius 1 is 1.10 bits per heavy atom. The first-order valence-electron chi connectivity index (χ1n) is 17.2. The van der Waals surface area contributed by atoms with E-state index in [0.29, 0.717) is 29.2 Å². The van der Waals surface area contributed by atoms with E-state index in [-0.39, 0.29) is 23.6 Å². The van der Waals surface area contributed by atoms with Gasteiger partial charge in [0.2, 0.25) is 0 Å². The third-order valence-corrected chi connectivity index (χ3v) is 12.4. The second kappa shape index (κ2) is 15.0. The van der Waals surface area contributed by atoms with E-state index in [1.807, 2.05) is 42.5 Å². The number of urea groups is 1. The number of aliphatic hydroxyl groups is 1. The molecule has 2 aromatic carbocycles. The number of aryl methyl sites for hydroxylation is 1. The molecule has 0 saturated heterocycles. The quantitative estimate of drug-likeness (QED) is 0.318. The number of carbonyl (C=O) groups excluding carboxylic acids is 1. The number of carbonyl (C=O) groups is 1. The minimum absolute atomic E-state index is 0.0242. The Hall–Kier alpha value is -2.83. The summed E-state index contributed by atoms with van der Waals surface area (Å²) in [6.07, 6.45) is 10.0.